The molecule has 65 heavy (non-hydrogen) atoms. The Kier molecular flexibility index (Phi) is 16.4. The molecule has 0 fully saturated rings. The fraction of sp³-hybridized carbons (Fsp3) is 0.0323. The Morgan fingerprint density at radius 1 is 0.554 bits per heavy atom. The van der Waals surface area contributed by atoms with Crippen molar-refractivity contribution in [2.24, 2.45) is 0 Å². The van der Waals surface area contributed by atoms with Gasteiger partial charge in [-0.3, -0.25) is 0 Å². The Morgan fingerprint density at radius 2 is 1.08 bits per heavy atom. The third-order valence-corrected chi connectivity index (χ3v) is 11.7. The lowest BCUT2D eigenvalue weighted by Crippen LogP contribution is -2.08. The third-order valence-electron chi connectivity index (χ3n) is 10.6. The molecule has 0 amide bonds. The predicted octanol–water partition coefficient (Wildman–Crippen LogP) is 17.7. The first-order chi connectivity index (χ1) is 32.0. The van der Waals surface area contributed by atoms with Gasteiger partial charge in [0.05, 0.1) is 0 Å². The monoisotopic (exact) mass is 858 g/mol. The molecule has 0 saturated heterocycles. The fourth-order valence-electron chi connectivity index (χ4n) is 7.38. The highest BCUT2D eigenvalue weighted by atomic mass is 32.2. The zero-order valence-electron chi connectivity index (χ0n) is 36.9. The van der Waals surface area contributed by atoms with Crippen LogP contribution in [-0.2, 0) is 6.42 Å². The van der Waals surface area contributed by atoms with Crippen LogP contribution in [0.3, 0.4) is 0 Å². The summed E-state index contributed by atoms with van der Waals surface area (Å²) in [5, 5.41) is 3.38. The number of anilines is 4. The molecule has 0 aromatic heterocycles. The standard InChI is InChI=1S/C44H39NS.C18H15N/c1-5-14-35(15-6-2)40-27-30-44-41(33-40)24-23-38(22-21-34(4)46-44)36(16-7-3)31-32-45(42-19-12-9-13-20-42)43-28-25-39(26-29-43)37-17-10-8-11-18-37;1-3-7-15(8-4-1)16-11-13-18(14-12-16)19-17-9-5-2-6-10-17/h5-23,25-33H,1,3-4,24H2,2H3;1-14,19H/b15-6-,22-21-,32-31-,35-14+,36-16+,38-23+;. The number of nitrogens with zero attached hydrogens (tertiary/aromatic N) is 1. The summed E-state index contributed by atoms with van der Waals surface area (Å²) < 4.78 is 0. The summed E-state index contributed by atoms with van der Waals surface area (Å²) >= 11 is 1.71. The molecule has 8 rings (SSSR count). The van der Waals surface area contributed by atoms with Crippen LogP contribution < -0.4 is 10.2 Å². The number of rotatable bonds is 13. The van der Waals surface area contributed by atoms with Gasteiger partial charge in [0.25, 0.3) is 0 Å². The van der Waals surface area contributed by atoms with E-state index in [1.807, 2.05) is 55.5 Å². The minimum absolute atomic E-state index is 0.784. The molecule has 0 atom stereocenters. The first-order valence-corrected chi connectivity index (χ1v) is 22.7. The maximum absolute atomic E-state index is 4.34. The lowest BCUT2D eigenvalue weighted by atomic mass is 9.98. The van der Waals surface area contributed by atoms with E-state index >= 15 is 0 Å². The number of allylic oxidation sites excluding steroid dienone is 13. The molecule has 1 aliphatic rings. The van der Waals surface area contributed by atoms with Crippen molar-refractivity contribution >= 4 is 40.1 Å². The molecule has 0 radical (unpaired) electrons. The van der Waals surface area contributed by atoms with Gasteiger partial charge in [0.1, 0.15) is 0 Å². The molecule has 2 nitrogen and oxygen atoms in total. The maximum atomic E-state index is 4.34. The first kappa shape index (κ1) is 45.2. The summed E-state index contributed by atoms with van der Waals surface area (Å²) in [5.41, 5.74) is 15.0. The molecule has 7 aromatic rings. The molecule has 0 saturated carbocycles. The van der Waals surface area contributed by atoms with Gasteiger partial charge in [-0.1, -0.05) is 208 Å². The zero-order chi connectivity index (χ0) is 45.1. The third kappa shape index (κ3) is 12.9. The molecule has 7 aromatic carbocycles. The SMILES string of the molecule is C=C/C=C(\C=C/N(c1ccccc1)c1ccc(-c2ccccc2)cc1)C1=C/Cc2cc(C(/C=C\C)=C/C=C)ccc2SC(=C)/C=C\1.c1ccc(Nc2ccc(-c3ccccc3)cc2)cc1. The van der Waals surface area contributed by atoms with Gasteiger partial charge in [-0.15, -0.1) is 0 Å². The van der Waals surface area contributed by atoms with E-state index in [-0.39, 0.29) is 0 Å². The molecule has 318 valence electrons. The van der Waals surface area contributed by atoms with Gasteiger partial charge < -0.3 is 10.2 Å². The van der Waals surface area contributed by atoms with Crippen LogP contribution in [0.15, 0.2) is 296 Å². The van der Waals surface area contributed by atoms with Crippen LogP contribution >= 0.6 is 11.8 Å². The van der Waals surface area contributed by atoms with E-state index in [2.05, 4.69) is 236 Å². The molecule has 0 unspecified atom stereocenters. The Morgan fingerprint density at radius 3 is 1.68 bits per heavy atom. The van der Waals surface area contributed by atoms with E-state index in [0.717, 1.165) is 50.8 Å². The van der Waals surface area contributed by atoms with Crippen molar-refractivity contribution in [2.75, 3.05) is 10.2 Å². The maximum Gasteiger partial charge on any atom is 0.0455 e. The van der Waals surface area contributed by atoms with E-state index < -0.39 is 0 Å². The lowest BCUT2D eigenvalue weighted by molar-refractivity contribution is 1.16. The Labute approximate surface area is 390 Å². The van der Waals surface area contributed by atoms with Crippen molar-refractivity contribution < 1.29 is 0 Å². The average Bonchev–Trinajstić information content (AvgIpc) is 3.44. The predicted molar refractivity (Wildman–Crippen MR) is 285 cm³/mol. The second kappa shape index (κ2) is 23.6. The number of hydrogen-bond donors (Lipinski definition) is 1. The van der Waals surface area contributed by atoms with Crippen molar-refractivity contribution in [1.82, 2.24) is 0 Å². The molecule has 1 aliphatic heterocycles. The summed E-state index contributed by atoms with van der Waals surface area (Å²) in [7, 11) is 0. The van der Waals surface area contributed by atoms with Crippen LogP contribution in [0.2, 0.25) is 0 Å². The summed E-state index contributed by atoms with van der Waals surface area (Å²) in [6, 6.07) is 65.4. The number of hydrogen-bond acceptors (Lipinski definition) is 3. The highest BCUT2D eigenvalue weighted by Gasteiger charge is 2.12. The van der Waals surface area contributed by atoms with Crippen molar-refractivity contribution in [3.8, 4) is 22.3 Å². The lowest BCUT2D eigenvalue weighted by Gasteiger charge is -2.21. The molecule has 0 aliphatic carbocycles. The Bertz CT molecular complexity index is 2850. The van der Waals surface area contributed by atoms with Crippen molar-refractivity contribution in [1.29, 1.82) is 0 Å². The van der Waals surface area contributed by atoms with Gasteiger partial charge in [0.2, 0.25) is 0 Å². The number of fused-ring (bicyclic) bond motifs is 1. The molecular formula is C62H54N2S. The van der Waals surface area contributed by atoms with Gasteiger partial charge in [-0.25, -0.2) is 0 Å². The van der Waals surface area contributed by atoms with Crippen LogP contribution in [0.5, 0.6) is 0 Å². The quantitative estimate of drug-likeness (QED) is 0.116. The highest BCUT2D eigenvalue weighted by Crippen LogP contribution is 2.35. The number of thioether (sulfide) groups is 1. The molecule has 0 spiro atoms. The van der Waals surface area contributed by atoms with Gasteiger partial charge in [-0.2, -0.15) is 0 Å². The van der Waals surface area contributed by atoms with Crippen LogP contribution in [0.25, 0.3) is 27.8 Å². The van der Waals surface area contributed by atoms with Gasteiger partial charge >= 0.3 is 0 Å². The number of benzene rings is 7. The van der Waals surface area contributed by atoms with Gasteiger partial charge in [-0.05, 0) is 136 Å². The minimum atomic E-state index is 0.784. The largest absolute Gasteiger partial charge is 0.356 e. The summed E-state index contributed by atoms with van der Waals surface area (Å²) in [6.45, 7) is 14.3. The highest BCUT2D eigenvalue weighted by molar-refractivity contribution is 8.03. The van der Waals surface area contributed by atoms with Crippen molar-refractivity contribution in [3.63, 3.8) is 0 Å². The molecule has 0 bridgehead atoms. The number of para-hydroxylation sites is 2. The fourth-order valence-corrected chi connectivity index (χ4v) is 8.21. The van der Waals surface area contributed by atoms with E-state index in [4.69, 9.17) is 0 Å². The summed E-state index contributed by atoms with van der Waals surface area (Å²) in [6.07, 6.45) is 23.6. The smallest absolute Gasteiger partial charge is 0.0455 e. The van der Waals surface area contributed by atoms with Crippen molar-refractivity contribution in [3.05, 3.63) is 302 Å². The van der Waals surface area contributed by atoms with E-state index in [1.54, 1.807) is 11.8 Å². The van der Waals surface area contributed by atoms with Crippen LogP contribution in [0.4, 0.5) is 22.7 Å². The van der Waals surface area contributed by atoms with Gasteiger partial charge in [0, 0.05) is 38.8 Å². The molecule has 1 heterocycles. The zero-order valence-corrected chi connectivity index (χ0v) is 37.7. The molecular weight excluding hydrogens is 805 g/mol. The normalized spacial score (nSPS) is 14.1. The summed E-state index contributed by atoms with van der Waals surface area (Å²) in [5.74, 6) is 0. The van der Waals surface area contributed by atoms with E-state index in [0.29, 0.717) is 0 Å². The average molecular weight is 859 g/mol. The molecule has 1 N–H and O–H groups in total. The molecule has 3 heteroatoms. The van der Waals surface area contributed by atoms with Crippen LogP contribution in [0, 0.1) is 0 Å². The van der Waals surface area contributed by atoms with E-state index in [1.165, 1.54) is 38.3 Å². The van der Waals surface area contributed by atoms with Crippen LogP contribution in [0.1, 0.15) is 18.1 Å². The second-order valence-corrected chi connectivity index (χ2v) is 16.3. The van der Waals surface area contributed by atoms with Crippen molar-refractivity contribution in [2.45, 2.75) is 18.2 Å². The second-order valence-electron chi connectivity index (χ2n) is 15.2. The first-order valence-electron chi connectivity index (χ1n) is 21.8. The van der Waals surface area contributed by atoms with Crippen LogP contribution in [-0.4, -0.2) is 0 Å². The van der Waals surface area contributed by atoms with E-state index in [9.17, 15) is 0 Å². The minimum Gasteiger partial charge on any atom is -0.356 e. The van der Waals surface area contributed by atoms with Gasteiger partial charge in [0.15, 0.2) is 0 Å². The topological polar surface area (TPSA) is 15.3 Å². The summed E-state index contributed by atoms with van der Waals surface area (Å²) in [4.78, 5) is 4.42. The number of nitrogens with one attached hydrogen (secondary N) is 1. The Balaban J connectivity index is 0.000000274. The Hall–Kier alpha value is -7.85.